The van der Waals surface area contributed by atoms with E-state index in [-0.39, 0.29) is 18.5 Å². The number of hydrogen-bond donors (Lipinski definition) is 2. The summed E-state index contributed by atoms with van der Waals surface area (Å²) in [6.07, 6.45) is 0.889. The molecule has 0 bridgehead atoms. The van der Waals surface area contributed by atoms with Crippen LogP contribution in [0.2, 0.25) is 0 Å². The first kappa shape index (κ1) is 13.9. The molecule has 1 aliphatic heterocycles. The second kappa shape index (κ2) is 4.91. The van der Waals surface area contributed by atoms with Crippen molar-refractivity contribution in [2.75, 3.05) is 18.5 Å². The second-order valence-corrected chi connectivity index (χ2v) is 6.54. The summed E-state index contributed by atoms with van der Waals surface area (Å²) in [6.45, 7) is 1.53. The molecule has 1 unspecified atom stereocenters. The van der Waals surface area contributed by atoms with Crippen molar-refractivity contribution in [2.24, 2.45) is 11.8 Å². The summed E-state index contributed by atoms with van der Waals surface area (Å²) in [4.78, 5) is 12.0. The molecule has 118 valence electrons. The molecule has 0 radical (unpaired) electrons. The molecule has 6 heteroatoms. The van der Waals surface area contributed by atoms with Crippen LogP contribution in [0.15, 0.2) is 24.3 Å². The zero-order valence-corrected chi connectivity index (χ0v) is 12.0. The van der Waals surface area contributed by atoms with E-state index in [1.807, 2.05) is 0 Å². The highest BCUT2D eigenvalue weighted by molar-refractivity contribution is 5.89. The first-order chi connectivity index (χ1) is 10.5. The summed E-state index contributed by atoms with van der Waals surface area (Å²) in [5.41, 5.74) is 1.24. The molecule has 1 aromatic rings. The van der Waals surface area contributed by atoms with Gasteiger partial charge in [0, 0.05) is 30.7 Å². The van der Waals surface area contributed by atoms with Crippen LogP contribution in [0.5, 0.6) is 0 Å². The normalized spacial score (nSPS) is 34.5. The van der Waals surface area contributed by atoms with Gasteiger partial charge in [-0.05, 0) is 30.0 Å². The van der Waals surface area contributed by atoms with E-state index in [2.05, 4.69) is 10.6 Å². The van der Waals surface area contributed by atoms with Gasteiger partial charge in [-0.3, -0.25) is 0 Å². The number of carbonyl (C=O) groups is 1. The highest BCUT2D eigenvalue weighted by Crippen LogP contribution is 2.55. The summed E-state index contributed by atoms with van der Waals surface area (Å²) >= 11 is 0. The third-order valence-electron chi connectivity index (χ3n) is 5.03. The molecular weight excluding hydrogens is 290 g/mol. The van der Waals surface area contributed by atoms with Crippen LogP contribution in [0.4, 0.5) is 19.3 Å². The fourth-order valence-electron chi connectivity index (χ4n) is 3.48. The first-order valence-electron chi connectivity index (χ1n) is 7.66. The molecular formula is C16H18F2N2O2. The Morgan fingerprint density at radius 3 is 2.59 bits per heavy atom. The molecule has 2 aliphatic carbocycles. The zero-order chi connectivity index (χ0) is 15.3. The number of benzene rings is 1. The van der Waals surface area contributed by atoms with Gasteiger partial charge >= 0.3 is 6.03 Å². The van der Waals surface area contributed by atoms with Gasteiger partial charge in [-0.25, -0.2) is 13.6 Å². The van der Waals surface area contributed by atoms with Gasteiger partial charge in [-0.2, -0.15) is 0 Å². The van der Waals surface area contributed by atoms with Crippen molar-refractivity contribution in [3.05, 3.63) is 29.8 Å². The van der Waals surface area contributed by atoms with Gasteiger partial charge in [0.15, 0.2) is 0 Å². The van der Waals surface area contributed by atoms with E-state index in [0.29, 0.717) is 23.1 Å². The van der Waals surface area contributed by atoms with E-state index in [4.69, 9.17) is 4.74 Å². The molecule has 4 atom stereocenters. The monoisotopic (exact) mass is 308 g/mol. The molecule has 4 nitrogen and oxygen atoms in total. The van der Waals surface area contributed by atoms with Gasteiger partial charge < -0.3 is 15.4 Å². The van der Waals surface area contributed by atoms with Crippen molar-refractivity contribution >= 4 is 11.7 Å². The maximum atomic E-state index is 13.0. The topological polar surface area (TPSA) is 50.4 Å². The zero-order valence-electron chi connectivity index (χ0n) is 12.0. The quantitative estimate of drug-likeness (QED) is 0.902. The minimum atomic E-state index is -2.56. The van der Waals surface area contributed by atoms with Crippen molar-refractivity contribution in [3.63, 3.8) is 0 Å². The van der Waals surface area contributed by atoms with Crippen molar-refractivity contribution < 1.29 is 18.3 Å². The van der Waals surface area contributed by atoms with Gasteiger partial charge in [-0.1, -0.05) is 12.1 Å². The molecule has 1 saturated heterocycles. The number of anilines is 1. The number of nitrogens with one attached hydrogen (secondary N) is 2. The lowest BCUT2D eigenvalue weighted by atomic mass is 9.71. The van der Waals surface area contributed by atoms with Crippen LogP contribution in [0.25, 0.3) is 0 Å². The SMILES string of the molecule is O=C(Nc1ccc(C2CC2(F)F)cc1)N[C@@H]1C[C@@H]2COC[C@@H]21. The number of amides is 2. The molecule has 0 spiro atoms. The molecule has 1 aromatic carbocycles. The minimum Gasteiger partial charge on any atom is -0.381 e. The highest BCUT2D eigenvalue weighted by atomic mass is 19.3. The summed E-state index contributed by atoms with van der Waals surface area (Å²) in [5, 5.41) is 5.70. The summed E-state index contributed by atoms with van der Waals surface area (Å²) in [7, 11) is 0. The summed E-state index contributed by atoms with van der Waals surface area (Å²) < 4.78 is 31.4. The molecule has 3 aliphatic rings. The largest absolute Gasteiger partial charge is 0.381 e. The number of rotatable bonds is 3. The van der Waals surface area contributed by atoms with Crippen LogP contribution in [-0.2, 0) is 4.74 Å². The Bertz CT molecular complexity index is 590. The van der Waals surface area contributed by atoms with Crippen LogP contribution < -0.4 is 10.6 Å². The number of urea groups is 1. The standard InChI is InChI=1S/C16H18F2N2O2/c17-16(18)6-13(16)9-1-3-11(4-2-9)19-15(21)20-14-5-10-7-22-8-12(10)14/h1-4,10,12-14H,5-8H2,(H2,19,20,21)/t10-,12+,13?,14-/m1/s1. The Kier molecular flexibility index (Phi) is 3.11. The predicted molar refractivity (Wildman–Crippen MR) is 77.1 cm³/mol. The molecule has 22 heavy (non-hydrogen) atoms. The maximum Gasteiger partial charge on any atom is 0.319 e. The molecule has 2 saturated carbocycles. The van der Waals surface area contributed by atoms with Gasteiger partial charge in [0.05, 0.1) is 12.5 Å². The number of carbonyl (C=O) groups excluding carboxylic acids is 1. The van der Waals surface area contributed by atoms with Gasteiger partial charge in [0.2, 0.25) is 0 Å². The van der Waals surface area contributed by atoms with E-state index < -0.39 is 11.8 Å². The number of fused-ring (bicyclic) bond motifs is 1. The lowest BCUT2D eigenvalue weighted by molar-refractivity contribution is 0.112. The Labute approximate surface area is 127 Å². The summed E-state index contributed by atoms with van der Waals surface area (Å²) in [5.74, 6) is -2.20. The van der Waals surface area contributed by atoms with E-state index in [1.165, 1.54) is 0 Å². The maximum absolute atomic E-state index is 13.0. The van der Waals surface area contributed by atoms with Gasteiger partial charge in [-0.15, -0.1) is 0 Å². The first-order valence-corrected chi connectivity index (χ1v) is 7.66. The van der Waals surface area contributed by atoms with Crippen molar-refractivity contribution in [1.82, 2.24) is 5.32 Å². The Morgan fingerprint density at radius 2 is 1.95 bits per heavy atom. The third-order valence-corrected chi connectivity index (χ3v) is 5.03. The van der Waals surface area contributed by atoms with E-state index in [0.717, 1.165) is 19.6 Å². The van der Waals surface area contributed by atoms with E-state index in [9.17, 15) is 13.6 Å². The van der Waals surface area contributed by atoms with Gasteiger partial charge in [0.1, 0.15) is 0 Å². The second-order valence-electron chi connectivity index (χ2n) is 6.54. The van der Waals surface area contributed by atoms with Crippen LogP contribution in [-0.4, -0.2) is 31.2 Å². The average Bonchev–Trinajstić information content (AvgIpc) is 2.93. The smallest absolute Gasteiger partial charge is 0.319 e. The Morgan fingerprint density at radius 1 is 1.23 bits per heavy atom. The third kappa shape index (κ3) is 2.45. The number of ether oxygens (including phenoxy) is 1. The molecule has 3 fully saturated rings. The Balaban J connectivity index is 1.30. The lowest BCUT2D eigenvalue weighted by Crippen LogP contribution is -2.53. The van der Waals surface area contributed by atoms with Crippen molar-refractivity contribution in [3.8, 4) is 0 Å². The predicted octanol–water partition coefficient (Wildman–Crippen LogP) is 2.97. The number of hydrogen-bond acceptors (Lipinski definition) is 2. The molecule has 0 aromatic heterocycles. The molecule has 1 heterocycles. The van der Waals surface area contributed by atoms with Crippen molar-refractivity contribution in [1.29, 1.82) is 0 Å². The van der Waals surface area contributed by atoms with Crippen LogP contribution in [0, 0.1) is 11.8 Å². The van der Waals surface area contributed by atoms with Crippen LogP contribution in [0.3, 0.4) is 0 Å². The fourth-order valence-corrected chi connectivity index (χ4v) is 3.48. The number of halogens is 2. The van der Waals surface area contributed by atoms with Gasteiger partial charge in [0.25, 0.3) is 5.92 Å². The van der Waals surface area contributed by atoms with Crippen LogP contribution in [0.1, 0.15) is 24.3 Å². The lowest BCUT2D eigenvalue weighted by Gasteiger charge is -2.39. The minimum absolute atomic E-state index is 0.0768. The average molecular weight is 308 g/mol. The summed E-state index contributed by atoms with van der Waals surface area (Å²) in [6, 6.07) is 6.59. The number of alkyl halides is 2. The Hall–Kier alpha value is -1.69. The molecule has 2 N–H and O–H groups in total. The van der Waals surface area contributed by atoms with E-state index >= 15 is 0 Å². The molecule has 2 amide bonds. The fraction of sp³-hybridized carbons (Fsp3) is 0.562. The highest BCUT2D eigenvalue weighted by Gasteiger charge is 2.57. The van der Waals surface area contributed by atoms with Crippen LogP contribution >= 0.6 is 0 Å². The van der Waals surface area contributed by atoms with Crippen molar-refractivity contribution in [2.45, 2.75) is 30.7 Å². The van der Waals surface area contributed by atoms with E-state index in [1.54, 1.807) is 24.3 Å². The molecule has 4 rings (SSSR count).